The SMILES string of the molecule is CC(=O)c1ccc2c(c1)C(C)(C)CCC2(C)C.C[C@@H](O)CO.C[C@@H]1COC(C)(c2ccc3c(c2)C(C)(C)CCC3(C)C)O1. The fourth-order valence-corrected chi connectivity index (χ4v) is 6.56. The Morgan fingerprint density at radius 3 is 1.60 bits per heavy atom. The zero-order valence-corrected chi connectivity index (χ0v) is 29.0. The lowest BCUT2D eigenvalue weighted by molar-refractivity contribution is -0.159. The van der Waals surface area contributed by atoms with Crippen molar-refractivity contribution in [1.29, 1.82) is 0 Å². The molecular weight excluding hydrogens is 536 g/mol. The Kier molecular flexibility index (Phi) is 10.5. The van der Waals surface area contributed by atoms with Gasteiger partial charge in [-0.2, -0.15) is 0 Å². The number of fused-ring (bicyclic) bond motifs is 2. The summed E-state index contributed by atoms with van der Waals surface area (Å²) in [7, 11) is 0. The van der Waals surface area contributed by atoms with Crippen LogP contribution in [0.25, 0.3) is 0 Å². The summed E-state index contributed by atoms with van der Waals surface area (Å²) >= 11 is 0. The van der Waals surface area contributed by atoms with Gasteiger partial charge >= 0.3 is 0 Å². The van der Waals surface area contributed by atoms with E-state index in [1.165, 1.54) is 54.9 Å². The Bertz CT molecular complexity index is 1290. The summed E-state index contributed by atoms with van der Waals surface area (Å²) in [5.74, 6) is -0.432. The van der Waals surface area contributed by atoms with E-state index >= 15 is 0 Å². The largest absolute Gasteiger partial charge is 0.394 e. The van der Waals surface area contributed by atoms with Crippen molar-refractivity contribution in [3.63, 3.8) is 0 Å². The minimum absolute atomic E-state index is 0.139. The van der Waals surface area contributed by atoms with Gasteiger partial charge in [-0.3, -0.25) is 4.79 Å². The molecule has 0 saturated carbocycles. The summed E-state index contributed by atoms with van der Waals surface area (Å²) in [5.41, 5.74) is 8.62. The molecule has 5 rings (SSSR count). The molecule has 0 aromatic heterocycles. The highest BCUT2D eigenvalue weighted by Crippen LogP contribution is 2.48. The van der Waals surface area contributed by atoms with Crippen LogP contribution in [0.3, 0.4) is 0 Å². The molecule has 0 amide bonds. The minimum atomic E-state index is -0.591. The molecule has 1 saturated heterocycles. The van der Waals surface area contributed by atoms with Crippen molar-refractivity contribution in [3.8, 4) is 0 Å². The second-order valence-corrected chi connectivity index (χ2v) is 15.8. The van der Waals surface area contributed by atoms with Crippen LogP contribution in [0.5, 0.6) is 0 Å². The number of rotatable bonds is 3. The maximum atomic E-state index is 11.5. The Morgan fingerprint density at radius 1 is 0.791 bits per heavy atom. The molecule has 3 atom stereocenters. The normalized spacial score (nSPS) is 26.4. The second-order valence-electron chi connectivity index (χ2n) is 15.8. The Hall–Kier alpha value is -2.05. The maximum Gasteiger partial charge on any atom is 0.192 e. The van der Waals surface area contributed by atoms with Crippen molar-refractivity contribution in [2.45, 2.75) is 148 Å². The third-order valence-corrected chi connectivity index (χ3v) is 9.92. The van der Waals surface area contributed by atoms with Crippen molar-refractivity contribution in [1.82, 2.24) is 0 Å². The number of aliphatic hydroxyl groups excluding tert-OH is 2. The van der Waals surface area contributed by atoms with Gasteiger partial charge in [0, 0.05) is 11.1 Å². The number of hydrogen-bond donors (Lipinski definition) is 2. The Labute approximate surface area is 261 Å². The topological polar surface area (TPSA) is 76.0 Å². The summed E-state index contributed by atoms with van der Waals surface area (Å²) in [6.45, 7) is 26.4. The predicted octanol–water partition coefficient (Wildman–Crippen LogP) is 8.24. The van der Waals surface area contributed by atoms with Crippen LogP contribution in [0.4, 0.5) is 0 Å². The van der Waals surface area contributed by atoms with E-state index in [1.54, 1.807) is 6.92 Å². The van der Waals surface area contributed by atoms with Gasteiger partial charge in [-0.05, 0) is 109 Å². The molecule has 2 aromatic carbocycles. The summed E-state index contributed by atoms with van der Waals surface area (Å²) in [6, 6.07) is 13.1. The van der Waals surface area contributed by atoms with Crippen LogP contribution in [-0.4, -0.2) is 41.4 Å². The zero-order chi connectivity index (χ0) is 32.6. The van der Waals surface area contributed by atoms with Crippen LogP contribution in [-0.2, 0) is 36.9 Å². The summed E-state index contributed by atoms with van der Waals surface area (Å²) in [5, 5.41) is 16.0. The fourth-order valence-electron chi connectivity index (χ4n) is 6.56. The highest BCUT2D eigenvalue weighted by Gasteiger charge is 2.41. The number of benzene rings is 2. The maximum absolute atomic E-state index is 11.5. The highest BCUT2D eigenvalue weighted by molar-refractivity contribution is 5.94. The molecule has 2 aromatic rings. The van der Waals surface area contributed by atoms with Gasteiger partial charge in [0.05, 0.1) is 25.4 Å². The number of ether oxygens (including phenoxy) is 2. The van der Waals surface area contributed by atoms with Gasteiger partial charge < -0.3 is 19.7 Å². The van der Waals surface area contributed by atoms with Crippen molar-refractivity contribution >= 4 is 5.78 Å². The standard InChI is InChI=1S/C19H28O2.C16H22O.C3H8O2/c1-13-12-20-19(6,21-13)14-7-8-15-16(11-14)18(4,5)10-9-17(15,2)3;1-11(17)12-6-7-13-14(10-12)16(4,5)9-8-15(13,2)3;1-3(5)2-4/h7-8,11,13H,9-10,12H2,1-6H3;6-7,10H,8-9H2,1-5H3;3-5H,2H2,1H3/t13-,19?;;3-/m1.1/s1. The van der Waals surface area contributed by atoms with Crippen LogP contribution < -0.4 is 0 Å². The van der Waals surface area contributed by atoms with E-state index in [4.69, 9.17) is 19.7 Å². The van der Waals surface area contributed by atoms with Gasteiger partial charge in [0.2, 0.25) is 0 Å². The molecule has 0 radical (unpaired) electrons. The molecule has 1 fully saturated rings. The van der Waals surface area contributed by atoms with E-state index in [1.807, 2.05) is 13.0 Å². The fraction of sp³-hybridized carbons (Fsp3) is 0.658. The average molecular weight is 595 g/mol. The van der Waals surface area contributed by atoms with Crippen molar-refractivity contribution in [2.75, 3.05) is 13.2 Å². The lowest BCUT2D eigenvalue weighted by Crippen LogP contribution is -2.35. The molecule has 5 nitrogen and oxygen atoms in total. The highest BCUT2D eigenvalue weighted by atomic mass is 16.7. The van der Waals surface area contributed by atoms with Crippen LogP contribution in [0, 0.1) is 0 Å². The van der Waals surface area contributed by atoms with E-state index < -0.39 is 11.9 Å². The van der Waals surface area contributed by atoms with Gasteiger partial charge in [-0.15, -0.1) is 0 Å². The quantitative estimate of drug-likeness (QED) is 0.350. The molecule has 1 heterocycles. The third kappa shape index (κ3) is 7.97. The van der Waals surface area contributed by atoms with Crippen molar-refractivity contribution in [2.24, 2.45) is 0 Å². The molecule has 43 heavy (non-hydrogen) atoms. The number of ketones is 1. The van der Waals surface area contributed by atoms with E-state index in [2.05, 4.69) is 92.6 Å². The first-order chi connectivity index (χ1) is 19.6. The van der Waals surface area contributed by atoms with Crippen LogP contribution >= 0.6 is 0 Å². The van der Waals surface area contributed by atoms with Crippen molar-refractivity contribution in [3.05, 3.63) is 69.8 Å². The molecular formula is C38H58O5. The minimum Gasteiger partial charge on any atom is -0.394 e. The van der Waals surface area contributed by atoms with Crippen molar-refractivity contribution < 1.29 is 24.5 Å². The lowest BCUT2D eigenvalue weighted by Gasteiger charge is -2.42. The van der Waals surface area contributed by atoms with E-state index in [-0.39, 0.29) is 40.2 Å². The molecule has 3 aliphatic rings. The van der Waals surface area contributed by atoms with Gasteiger partial charge in [-0.1, -0.05) is 79.7 Å². The van der Waals surface area contributed by atoms with Gasteiger partial charge in [0.25, 0.3) is 0 Å². The smallest absolute Gasteiger partial charge is 0.192 e. The van der Waals surface area contributed by atoms with Gasteiger partial charge in [-0.25, -0.2) is 0 Å². The third-order valence-electron chi connectivity index (χ3n) is 9.92. The first-order valence-corrected chi connectivity index (χ1v) is 16.1. The Morgan fingerprint density at radius 2 is 1.21 bits per heavy atom. The molecule has 5 heteroatoms. The lowest BCUT2D eigenvalue weighted by atomic mass is 9.63. The summed E-state index contributed by atoms with van der Waals surface area (Å²) < 4.78 is 12.0. The summed E-state index contributed by atoms with van der Waals surface area (Å²) in [4.78, 5) is 11.5. The number of aliphatic hydroxyl groups is 2. The predicted molar refractivity (Wildman–Crippen MR) is 176 cm³/mol. The number of Topliss-reactive ketones (excluding diaryl/α,β-unsaturated/α-hetero) is 1. The number of carbonyl (C=O) groups excluding carboxylic acids is 1. The van der Waals surface area contributed by atoms with E-state index in [0.29, 0.717) is 6.61 Å². The van der Waals surface area contributed by atoms with Crippen LogP contribution in [0.1, 0.15) is 147 Å². The molecule has 2 N–H and O–H groups in total. The van der Waals surface area contributed by atoms with E-state index in [9.17, 15) is 4.79 Å². The molecule has 1 unspecified atom stereocenters. The van der Waals surface area contributed by atoms with E-state index in [0.717, 1.165) is 11.1 Å². The summed E-state index contributed by atoms with van der Waals surface area (Å²) in [6.07, 6.45) is 4.48. The van der Waals surface area contributed by atoms with Crippen LogP contribution in [0.2, 0.25) is 0 Å². The second kappa shape index (κ2) is 12.7. The first kappa shape index (κ1) is 35.4. The first-order valence-electron chi connectivity index (χ1n) is 16.1. The zero-order valence-electron chi connectivity index (χ0n) is 29.0. The molecule has 0 spiro atoms. The monoisotopic (exact) mass is 594 g/mol. The Balaban J connectivity index is 0.000000207. The number of carbonyl (C=O) groups is 1. The van der Waals surface area contributed by atoms with Gasteiger partial charge in [0.1, 0.15) is 0 Å². The van der Waals surface area contributed by atoms with Crippen LogP contribution in [0.15, 0.2) is 36.4 Å². The average Bonchev–Trinajstić information content (AvgIpc) is 3.29. The molecule has 240 valence electrons. The molecule has 1 aliphatic heterocycles. The number of hydrogen-bond acceptors (Lipinski definition) is 5. The molecule has 0 bridgehead atoms. The molecule has 2 aliphatic carbocycles. The van der Waals surface area contributed by atoms with Gasteiger partial charge in [0.15, 0.2) is 11.6 Å².